The summed E-state index contributed by atoms with van der Waals surface area (Å²) < 4.78 is 4.55. The van der Waals surface area contributed by atoms with E-state index in [4.69, 9.17) is 0 Å². The fourth-order valence-corrected chi connectivity index (χ4v) is 2.34. The van der Waals surface area contributed by atoms with Crippen molar-refractivity contribution in [2.24, 2.45) is 0 Å². The molecule has 0 spiro atoms. The summed E-state index contributed by atoms with van der Waals surface area (Å²) in [6, 6.07) is 11.8. The van der Waals surface area contributed by atoms with E-state index in [-0.39, 0.29) is 24.2 Å². The van der Waals surface area contributed by atoms with Crippen molar-refractivity contribution in [1.29, 1.82) is 0 Å². The molecule has 0 amide bonds. The number of carbonyl (C=O) groups is 1. The van der Waals surface area contributed by atoms with E-state index >= 15 is 0 Å². The molecule has 2 N–H and O–H groups in total. The maximum absolute atomic E-state index is 11.2. The van der Waals surface area contributed by atoms with Crippen molar-refractivity contribution in [3.63, 3.8) is 0 Å². The van der Waals surface area contributed by atoms with Gasteiger partial charge in [-0.3, -0.25) is 14.9 Å². The van der Waals surface area contributed by atoms with E-state index < -0.39 is 17.0 Å². The largest absolute Gasteiger partial charge is 0.469 e. The van der Waals surface area contributed by atoms with Gasteiger partial charge in [-0.25, -0.2) is 0 Å². The van der Waals surface area contributed by atoms with Gasteiger partial charge in [-0.1, -0.05) is 17.7 Å². The van der Waals surface area contributed by atoms with E-state index in [0.29, 0.717) is 11.3 Å². The Bertz CT molecular complexity index is 759. The number of aryl methyl sites for hydroxylation is 1. The van der Waals surface area contributed by atoms with Crippen LogP contribution in [0.5, 0.6) is 0 Å². The van der Waals surface area contributed by atoms with Crippen molar-refractivity contribution >= 4 is 23.0 Å². The van der Waals surface area contributed by atoms with E-state index in [2.05, 4.69) is 10.1 Å². The zero-order valence-corrected chi connectivity index (χ0v) is 14.1. The van der Waals surface area contributed by atoms with Gasteiger partial charge in [-0.15, -0.1) is 0 Å². The number of anilines is 2. The summed E-state index contributed by atoms with van der Waals surface area (Å²) in [5, 5.41) is 24.5. The first-order chi connectivity index (χ1) is 11.9. The van der Waals surface area contributed by atoms with E-state index in [1.54, 1.807) is 0 Å². The molecule has 7 nitrogen and oxygen atoms in total. The molecule has 0 bridgehead atoms. The Morgan fingerprint density at radius 1 is 1.28 bits per heavy atom. The quantitative estimate of drug-likeness (QED) is 0.452. The Balaban J connectivity index is 2.24. The first kappa shape index (κ1) is 18.4. The fraction of sp³-hybridized carbons (Fsp3) is 0.278. The number of benzene rings is 2. The van der Waals surface area contributed by atoms with Crippen LogP contribution in [0, 0.1) is 17.0 Å². The van der Waals surface area contributed by atoms with Gasteiger partial charge in [-0.2, -0.15) is 0 Å². The van der Waals surface area contributed by atoms with E-state index in [1.165, 1.54) is 25.3 Å². The highest BCUT2D eigenvalue weighted by atomic mass is 16.6. The summed E-state index contributed by atoms with van der Waals surface area (Å²) in [7, 11) is 1.28. The minimum absolute atomic E-state index is 0.0649. The molecular weight excluding hydrogens is 324 g/mol. The number of aliphatic hydroxyl groups excluding tert-OH is 1. The second kappa shape index (κ2) is 8.25. The number of rotatable bonds is 7. The number of esters is 1. The second-order valence-electron chi connectivity index (χ2n) is 5.66. The van der Waals surface area contributed by atoms with Crippen molar-refractivity contribution in [1.82, 2.24) is 0 Å². The average Bonchev–Trinajstić information content (AvgIpc) is 2.61. The van der Waals surface area contributed by atoms with E-state index in [1.807, 2.05) is 31.2 Å². The highest BCUT2D eigenvalue weighted by Crippen LogP contribution is 2.31. The molecule has 0 aliphatic carbocycles. The monoisotopic (exact) mass is 344 g/mol. The Morgan fingerprint density at radius 3 is 2.56 bits per heavy atom. The first-order valence-electron chi connectivity index (χ1n) is 7.77. The molecule has 2 aromatic rings. The van der Waals surface area contributed by atoms with Gasteiger partial charge >= 0.3 is 5.97 Å². The van der Waals surface area contributed by atoms with Crippen LogP contribution in [0.3, 0.4) is 0 Å². The molecule has 7 heteroatoms. The highest BCUT2D eigenvalue weighted by Gasteiger charge is 2.18. The lowest BCUT2D eigenvalue weighted by atomic mass is 10.0. The summed E-state index contributed by atoms with van der Waals surface area (Å²) in [6.07, 6.45) is -0.678. The van der Waals surface area contributed by atoms with Crippen LogP contribution >= 0.6 is 0 Å². The van der Waals surface area contributed by atoms with Gasteiger partial charge in [0.1, 0.15) is 5.69 Å². The lowest BCUT2D eigenvalue weighted by molar-refractivity contribution is -0.383. The van der Waals surface area contributed by atoms with E-state index in [0.717, 1.165) is 5.56 Å². The molecular formula is C18H20N2O5. The summed E-state index contributed by atoms with van der Waals surface area (Å²) in [5.74, 6) is -0.418. The number of hydrogen-bond donors (Lipinski definition) is 2. The summed E-state index contributed by atoms with van der Waals surface area (Å²) in [4.78, 5) is 21.9. The third-order valence-electron chi connectivity index (χ3n) is 3.78. The number of aliphatic hydroxyl groups is 1. The third kappa shape index (κ3) is 5.02. The van der Waals surface area contributed by atoms with Crippen LogP contribution in [-0.2, 0) is 9.53 Å². The van der Waals surface area contributed by atoms with Crippen molar-refractivity contribution < 1.29 is 19.6 Å². The number of ether oxygens (including phenoxy) is 1. The summed E-state index contributed by atoms with van der Waals surface area (Å²) in [6.45, 7) is 1.95. The van der Waals surface area contributed by atoms with Crippen molar-refractivity contribution in [3.8, 4) is 0 Å². The molecule has 0 aromatic heterocycles. The Hall–Kier alpha value is -2.93. The zero-order chi connectivity index (χ0) is 18.4. The second-order valence-corrected chi connectivity index (χ2v) is 5.66. The standard InChI is InChI=1S/C18H20N2O5/c1-12-3-6-14(7-4-12)19-15-11-13(5-8-16(15)20(23)24)17(21)9-10-18(22)25-2/h3-8,11,17,19,21H,9-10H2,1-2H3. The first-order valence-corrected chi connectivity index (χ1v) is 7.77. The fourth-order valence-electron chi connectivity index (χ4n) is 2.34. The molecule has 132 valence electrons. The smallest absolute Gasteiger partial charge is 0.305 e. The van der Waals surface area contributed by atoms with Crippen LogP contribution in [0.4, 0.5) is 17.1 Å². The van der Waals surface area contributed by atoms with Crippen LogP contribution < -0.4 is 5.32 Å². The maximum atomic E-state index is 11.2. The third-order valence-corrected chi connectivity index (χ3v) is 3.78. The molecule has 0 aliphatic rings. The number of nitro benzene ring substituents is 1. The molecule has 1 atom stereocenters. The number of methoxy groups -OCH3 is 1. The van der Waals surface area contributed by atoms with Crippen LogP contribution in [-0.4, -0.2) is 23.1 Å². The number of nitrogens with one attached hydrogen (secondary N) is 1. The Kier molecular flexibility index (Phi) is 6.08. The highest BCUT2D eigenvalue weighted by molar-refractivity contribution is 5.71. The lowest BCUT2D eigenvalue weighted by Crippen LogP contribution is -2.06. The van der Waals surface area contributed by atoms with Crippen molar-refractivity contribution in [2.75, 3.05) is 12.4 Å². The molecule has 1 unspecified atom stereocenters. The molecule has 0 heterocycles. The normalized spacial score (nSPS) is 11.6. The molecule has 0 saturated carbocycles. The van der Waals surface area contributed by atoms with Crippen molar-refractivity contribution in [3.05, 3.63) is 63.7 Å². The number of carbonyl (C=O) groups excluding carboxylic acids is 1. The van der Waals surface area contributed by atoms with E-state index in [9.17, 15) is 20.0 Å². The zero-order valence-electron chi connectivity index (χ0n) is 14.1. The Labute approximate surface area is 145 Å². The number of nitro groups is 1. The molecule has 25 heavy (non-hydrogen) atoms. The van der Waals surface area contributed by atoms with Gasteiger partial charge in [-0.05, 0) is 43.2 Å². The summed E-state index contributed by atoms with van der Waals surface area (Å²) in [5.41, 5.74) is 2.46. The van der Waals surface area contributed by atoms with Gasteiger partial charge in [0.25, 0.3) is 5.69 Å². The average molecular weight is 344 g/mol. The molecule has 0 saturated heterocycles. The minimum Gasteiger partial charge on any atom is -0.469 e. The topological polar surface area (TPSA) is 102 Å². The van der Waals surface area contributed by atoms with Gasteiger partial charge in [0.05, 0.1) is 18.1 Å². The molecule has 0 aliphatic heterocycles. The predicted molar refractivity (Wildman–Crippen MR) is 93.8 cm³/mol. The summed E-state index contributed by atoms with van der Waals surface area (Å²) >= 11 is 0. The van der Waals surface area contributed by atoms with Gasteiger partial charge < -0.3 is 15.2 Å². The van der Waals surface area contributed by atoms with Gasteiger partial charge in [0.2, 0.25) is 0 Å². The van der Waals surface area contributed by atoms with Crippen LogP contribution in [0.1, 0.15) is 30.1 Å². The lowest BCUT2D eigenvalue weighted by Gasteiger charge is -2.13. The van der Waals surface area contributed by atoms with Crippen LogP contribution in [0.25, 0.3) is 0 Å². The molecule has 2 rings (SSSR count). The Morgan fingerprint density at radius 2 is 1.96 bits per heavy atom. The van der Waals surface area contributed by atoms with Gasteiger partial charge in [0.15, 0.2) is 0 Å². The SMILES string of the molecule is COC(=O)CCC(O)c1ccc([N+](=O)[O-])c(Nc2ccc(C)cc2)c1. The molecule has 2 aromatic carbocycles. The molecule has 0 radical (unpaired) electrons. The van der Waals surface area contributed by atoms with Gasteiger partial charge in [0, 0.05) is 18.2 Å². The number of hydrogen-bond acceptors (Lipinski definition) is 6. The van der Waals surface area contributed by atoms with Crippen LogP contribution in [0.15, 0.2) is 42.5 Å². The molecule has 0 fully saturated rings. The van der Waals surface area contributed by atoms with Crippen LogP contribution in [0.2, 0.25) is 0 Å². The number of nitrogens with zero attached hydrogens (tertiary/aromatic N) is 1. The minimum atomic E-state index is -0.918. The predicted octanol–water partition coefficient (Wildman–Crippen LogP) is 3.63. The van der Waals surface area contributed by atoms with Crippen molar-refractivity contribution in [2.45, 2.75) is 25.9 Å². The maximum Gasteiger partial charge on any atom is 0.305 e.